The lowest BCUT2D eigenvalue weighted by Crippen LogP contribution is -2.33. The number of alkyl carbamates (subject to hydrolysis) is 1. The monoisotopic (exact) mass is 226 g/mol. The first-order valence-corrected chi connectivity index (χ1v) is 5.43. The van der Waals surface area contributed by atoms with Crippen LogP contribution in [0.1, 0.15) is 41.0 Å². The van der Waals surface area contributed by atoms with Crippen molar-refractivity contribution in [2.75, 3.05) is 6.54 Å². The Morgan fingerprint density at radius 3 is 2.44 bits per heavy atom. The lowest BCUT2D eigenvalue weighted by atomic mass is 10.2. The predicted octanol–water partition coefficient (Wildman–Crippen LogP) is 2.90. The van der Waals surface area contributed by atoms with Crippen molar-refractivity contribution >= 4 is 11.8 Å². The molecule has 0 aliphatic carbocycles. The normalized spacial score (nSPS) is 12.2. The number of nitrogens with zero attached hydrogens (tertiary/aromatic N) is 1. The summed E-state index contributed by atoms with van der Waals surface area (Å²) in [7, 11) is 0. The fourth-order valence-corrected chi connectivity index (χ4v) is 0.877. The highest BCUT2D eigenvalue weighted by molar-refractivity contribution is 5.82. The highest BCUT2D eigenvalue weighted by Gasteiger charge is 2.15. The fraction of sp³-hybridized carbons (Fsp3) is 0.667. The van der Waals surface area contributed by atoms with Crippen molar-refractivity contribution in [1.82, 2.24) is 5.32 Å². The summed E-state index contributed by atoms with van der Waals surface area (Å²) in [6, 6.07) is 0. The summed E-state index contributed by atoms with van der Waals surface area (Å²) in [6.07, 6.45) is 0.434. The molecule has 0 saturated heterocycles. The Bertz CT molecular complexity index is 288. The van der Waals surface area contributed by atoms with Crippen LogP contribution in [0.3, 0.4) is 0 Å². The van der Waals surface area contributed by atoms with Crippen LogP contribution < -0.4 is 5.32 Å². The molecular formula is C12H22N2O2. The number of aliphatic imine (C=N–C) groups is 1. The fourth-order valence-electron chi connectivity index (χ4n) is 0.877. The van der Waals surface area contributed by atoms with Gasteiger partial charge in [0.25, 0.3) is 0 Å². The number of carbonyl (C=O) groups excluding carboxylic acids is 1. The van der Waals surface area contributed by atoms with Crippen molar-refractivity contribution in [2.24, 2.45) is 4.99 Å². The van der Waals surface area contributed by atoms with Crippen molar-refractivity contribution in [2.45, 2.75) is 46.6 Å². The second-order valence-corrected chi connectivity index (χ2v) is 4.62. The molecule has 0 spiro atoms. The van der Waals surface area contributed by atoms with Gasteiger partial charge in [0.1, 0.15) is 5.60 Å². The van der Waals surface area contributed by atoms with E-state index in [0.29, 0.717) is 12.2 Å². The van der Waals surface area contributed by atoms with Gasteiger partial charge in [-0.1, -0.05) is 13.5 Å². The first-order chi connectivity index (χ1) is 7.24. The molecule has 1 amide bonds. The molecule has 0 heterocycles. The molecule has 0 bridgehead atoms. The summed E-state index contributed by atoms with van der Waals surface area (Å²) in [5.41, 5.74) is 1.15. The zero-order valence-corrected chi connectivity index (χ0v) is 10.9. The quantitative estimate of drug-likeness (QED) is 0.749. The van der Waals surface area contributed by atoms with Crippen LogP contribution in [0.4, 0.5) is 4.79 Å². The molecule has 0 atom stereocenters. The molecule has 0 rings (SSSR count). The molecular weight excluding hydrogens is 204 g/mol. The van der Waals surface area contributed by atoms with Crippen molar-refractivity contribution in [3.8, 4) is 0 Å². The standard InChI is InChI=1S/C12H22N2O2/c1-7-9(2)14-10(3)8-13-11(15)16-12(4,5)6/h3,7-8H2,1-2,4-6H3,(H,13,15). The zero-order chi connectivity index (χ0) is 12.8. The molecule has 0 aromatic carbocycles. The first-order valence-electron chi connectivity index (χ1n) is 5.43. The van der Waals surface area contributed by atoms with E-state index >= 15 is 0 Å². The minimum Gasteiger partial charge on any atom is -0.444 e. The van der Waals surface area contributed by atoms with Crippen molar-refractivity contribution in [1.29, 1.82) is 0 Å². The highest BCUT2D eigenvalue weighted by Crippen LogP contribution is 2.06. The van der Waals surface area contributed by atoms with E-state index in [-0.39, 0.29) is 0 Å². The number of amides is 1. The Hall–Kier alpha value is -1.32. The van der Waals surface area contributed by atoms with Gasteiger partial charge in [-0.3, -0.25) is 4.99 Å². The van der Waals surface area contributed by atoms with Crippen molar-refractivity contribution < 1.29 is 9.53 Å². The summed E-state index contributed by atoms with van der Waals surface area (Å²) in [5.74, 6) is 0. The van der Waals surface area contributed by atoms with Gasteiger partial charge in [-0.25, -0.2) is 4.79 Å². The molecule has 92 valence electrons. The van der Waals surface area contributed by atoms with Crippen molar-refractivity contribution in [3.63, 3.8) is 0 Å². The SMILES string of the molecule is C=C(CNC(=O)OC(C)(C)C)N=C(C)CC. The number of nitrogens with one attached hydrogen (secondary N) is 1. The van der Waals surface area contributed by atoms with Gasteiger partial charge in [0, 0.05) is 5.71 Å². The molecule has 0 aliphatic rings. The van der Waals surface area contributed by atoms with Gasteiger partial charge in [-0.2, -0.15) is 0 Å². The minimum atomic E-state index is -0.478. The van der Waals surface area contributed by atoms with Gasteiger partial charge in [0.15, 0.2) is 0 Å². The van der Waals surface area contributed by atoms with E-state index in [1.165, 1.54) is 0 Å². The minimum absolute atomic E-state index is 0.312. The summed E-state index contributed by atoms with van der Waals surface area (Å²) in [6.45, 7) is 13.5. The Balaban J connectivity index is 3.98. The van der Waals surface area contributed by atoms with Crippen LogP contribution in [0.15, 0.2) is 17.3 Å². The van der Waals surface area contributed by atoms with E-state index in [2.05, 4.69) is 16.9 Å². The van der Waals surface area contributed by atoms with Crippen LogP contribution in [0.25, 0.3) is 0 Å². The molecule has 0 radical (unpaired) electrons. The summed E-state index contributed by atoms with van der Waals surface area (Å²) in [5, 5.41) is 2.60. The Morgan fingerprint density at radius 1 is 1.44 bits per heavy atom. The second-order valence-electron chi connectivity index (χ2n) is 4.62. The maximum Gasteiger partial charge on any atom is 0.407 e. The topological polar surface area (TPSA) is 50.7 Å². The van der Waals surface area contributed by atoms with Gasteiger partial charge in [-0.15, -0.1) is 0 Å². The summed E-state index contributed by atoms with van der Waals surface area (Å²) in [4.78, 5) is 15.5. The van der Waals surface area contributed by atoms with Gasteiger partial charge in [0.2, 0.25) is 0 Å². The van der Waals surface area contributed by atoms with Crippen LogP contribution in [-0.4, -0.2) is 24.0 Å². The maximum absolute atomic E-state index is 11.3. The molecule has 0 saturated carbocycles. The van der Waals surface area contributed by atoms with E-state index in [0.717, 1.165) is 12.1 Å². The number of ether oxygens (including phenoxy) is 1. The van der Waals surface area contributed by atoms with E-state index in [4.69, 9.17) is 4.74 Å². The van der Waals surface area contributed by atoms with E-state index < -0.39 is 11.7 Å². The molecule has 0 aromatic rings. The van der Waals surface area contributed by atoms with Gasteiger partial charge >= 0.3 is 6.09 Å². The zero-order valence-electron chi connectivity index (χ0n) is 10.9. The van der Waals surface area contributed by atoms with Crippen molar-refractivity contribution in [3.05, 3.63) is 12.3 Å². The lowest BCUT2D eigenvalue weighted by molar-refractivity contribution is 0.0532. The smallest absolute Gasteiger partial charge is 0.407 e. The Kier molecular flexibility index (Phi) is 5.78. The van der Waals surface area contributed by atoms with E-state index in [9.17, 15) is 4.79 Å². The third kappa shape index (κ3) is 8.03. The molecule has 16 heavy (non-hydrogen) atoms. The lowest BCUT2D eigenvalue weighted by Gasteiger charge is -2.19. The van der Waals surface area contributed by atoms with Crippen LogP contribution in [0.2, 0.25) is 0 Å². The maximum atomic E-state index is 11.3. The molecule has 4 heteroatoms. The van der Waals surface area contributed by atoms with Gasteiger partial charge in [0.05, 0.1) is 12.2 Å². The second kappa shape index (κ2) is 6.30. The van der Waals surface area contributed by atoms with Crippen LogP contribution in [0, 0.1) is 0 Å². The third-order valence-corrected chi connectivity index (χ3v) is 1.70. The summed E-state index contributed by atoms with van der Waals surface area (Å²) < 4.78 is 5.08. The van der Waals surface area contributed by atoms with Crippen LogP contribution >= 0.6 is 0 Å². The Labute approximate surface area is 97.8 Å². The number of hydrogen-bond donors (Lipinski definition) is 1. The molecule has 0 aromatic heterocycles. The van der Waals surface area contributed by atoms with Crippen LogP contribution in [0.5, 0.6) is 0 Å². The largest absolute Gasteiger partial charge is 0.444 e. The number of rotatable bonds is 4. The van der Waals surface area contributed by atoms with E-state index in [1.54, 1.807) is 0 Å². The molecule has 0 aliphatic heterocycles. The van der Waals surface area contributed by atoms with Gasteiger partial charge < -0.3 is 10.1 Å². The molecule has 1 N–H and O–H groups in total. The molecule has 0 unspecified atom stereocenters. The summed E-state index contributed by atoms with van der Waals surface area (Å²) >= 11 is 0. The van der Waals surface area contributed by atoms with Gasteiger partial charge in [-0.05, 0) is 34.1 Å². The Morgan fingerprint density at radius 2 is 2.00 bits per heavy atom. The predicted molar refractivity (Wildman–Crippen MR) is 66.8 cm³/mol. The third-order valence-electron chi connectivity index (χ3n) is 1.70. The average Bonchev–Trinajstić information content (AvgIpc) is 2.12. The highest BCUT2D eigenvalue weighted by atomic mass is 16.6. The number of hydrogen-bond acceptors (Lipinski definition) is 3. The average molecular weight is 226 g/mol. The van der Waals surface area contributed by atoms with E-state index in [1.807, 2.05) is 34.6 Å². The first kappa shape index (κ1) is 14.7. The van der Waals surface area contributed by atoms with Crippen LogP contribution in [-0.2, 0) is 4.74 Å². The molecule has 4 nitrogen and oxygen atoms in total. The molecule has 0 fully saturated rings. The number of carbonyl (C=O) groups is 1.